The minimum atomic E-state index is -1.58. The molecular formula is C27H21NO8. The Morgan fingerprint density at radius 3 is 2.39 bits per heavy atom. The molecule has 0 radical (unpaired) electrons. The van der Waals surface area contributed by atoms with Crippen LogP contribution in [0.1, 0.15) is 38.1 Å². The van der Waals surface area contributed by atoms with Gasteiger partial charge in [0.15, 0.2) is 6.23 Å². The molecule has 9 heteroatoms. The minimum absolute atomic E-state index is 0.157. The summed E-state index contributed by atoms with van der Waals surface area (Å²) in [4.78, 5) is 26.0. The number of ether oxygens (including phenoxy) is 2. The maximum atomic E-state index is 13.0. The Kier molecular flexibility index (Phi) is 4.48. The summed E-state index contributed by atoms with van der Waals surface area (Å²) in [5, 5.41) is 42.9. The molecule has 4 aromatic rings. The zero-order chi connectivity index (χ0) is 24.9. The van der Waals surface area contributed by atoms with E-state index in [1.54, 1.807) is 22.8 Å². The average Bonchev–Trinajstić information content (AvgIpc) is 3.52. The third-order valence-corrected chi connectivity index (χ3v) is 7.62. The topological polar surface area (TPSA) is 138 Å². The molecule has 1 saturated heterocycles. The van der Waals surface area contributed by atoms with E-state index in [4.69, 9.17) is 9.47 Å². The van der Waals surface area contributed by atoms with E-state index in [0.29, 0.717) is 33.8 Å². The highest BCUT2D eigenvalue weighted by atomic mass is 16.6. The van der Waals surface area contributed by atoms with Gasteiger partial charge in [-0.25, -0.2) is 9.59 Å². The molecule has 1 aromatic heterocycles. The van der Waals surface area contributed by atoms with Crippen molar-refractivity contribution in [2.45, 2.75) is 37.1 Å². The second-order valence-corrected chi connectivity index (χ2v) is 9.44. The molecule has 0 spiro atoms. The zero-order valence-electron chi connectivity index (χ0n) is 18.8. The number of fused-ring (bicyclic) bond motifs is 10. The number of cyclic esters (lactones) is 2. The van der Waals surface area contributed by atoms with E-state index < -0.39 is 49.2 Å². The molecule has 36 heavy (non-hydrogen) atoms. The van der Waals surface area contributed by atoms with E-state index in [1.165, 1.54) is 0 Å². The SMILES string of the molecule is O=C1OC(=O)c2c1c1c(c3c2c2ccccc2n3C2OC(CO)C(O)C(O)C2O)Cc2ccccc2-1. The second kappa shape index (κ2) is 7.45. The van der Waals surface area contributed by atoms with Crippen molar-refractivity contribution in [3.8, 4) is 11.1 Å². The highest BCUT2D eigenvalue weighted by Gasteiger charge is 2.47. The van der Waals surface area contributed by atoms with Gasteiger partial charge in [0.1, 0.15) is 24.4 Å². The van der Waals surface area contributed by atoms with Gasteiger partial charge in [0.25, 0.3) is 0 Å². The maximum absolute atomic E-state index is 13.0. The van der Waals surface area contributed by atoms with Gasteiger partial charge in [-0.1, -0.05) is 42.5 Å². The van der Waals surface area contributed by atoms with Crippen molar-refractivity contribution in [1.82, 2.24) is 4.57 Å². The number of nitrogens with zero attached hydrogens (tertiary/aromatic N) is 1. The number of rotatable bonds is 2. The number of hydrogen-bond donors (Lipinski definition) is 4. The number of esters is 2. The molecule has 0 bridgehead atoms. The maximum Gasteiger partial charge on any atom is 0.347 e. The van der Waals surface area contributed by atoms with Crippen molar-refractivity contribution in [3.63, 3.8) is 0 Å². The molecule has 3 aromatic carbocycles. The van der Waals surface area contributed by atoms with Crippen molar-refractivity contribution in [1.29, 1.82) is 0 Å². The summed E-state index contributed by atoms with van der Waals surface area (Å²) in [6, 6.07) is 14.8. The van der Waals surface area contributed by atoms with Crippen molar-refractivity contribution in [2.75, 3.05) is 6.61 Å². The lowest BCUT2D eigenvalue weighted by Crippen LogP contribution is -2.56. The summed E-state index contributed by atoms with van der Waals surface area (Å²) in [6.45, 7) is -0.571. The van der Waals surface area contributed by atoms with Gasteiger partial charge in [-0.05, 0) is 22.8 Å². The van der Waals surface area contributed by atoms with Crippen molar-refractivity contribution in [2.24, 2.45) is 0 Å². The summed E-state index contributed by atoms with van der Waals surface area (Å²) < 4.78 is 12.8. The molecule has 7 rings (SSSR count). The van der Waals surface area contributed by atoms with Crippen LogP contribution < -0.4 is 0 Å². The molecule has 5 unspecified atom stereocenters. The standard InChI is InChI=1S/C27H21NO8/c29-10-16-22(30)23(31)24(32)25(35-16)28-15-8-4-3-7-13(15)18-20-19(26(33)36-27(20)34)17-12-6-2-1-5-11(12)9-14(17)21(18)28/h1-8,16,22-25,29-32H,9-10H2. The fourth-order valence-corrected chi connectivity index (χ4v) is 6.06. The zero-order valence-corrected chi connectivity index (χ0v) is 18.8. The number of aliphatic hydroxyl groups excluding tert-OH is 4. The monoisotopic (exact) mass is 487 g/mol. The van der Waals surface area contributed by atoms with E-state index in [9.17, 15) is 30.0 Å². The van der Waals surface area contributed by atoms with Crippen LogP contribution in [-0.4, -0.2) is 68.0 Å². The second-order valence-electron chi connectivity index (χ2n) is 9.44. The van der Waals surface area contributed by atoms with Crippen LogP contribution in [0.3, 0.4) is 0 Å². The van der Waals surface area contributed by atoms with Gasteiger partial charge < -0.3 is 34.5 Å². The van der Waals surface area contributed by atoms with Gasteiger partial charge in [-0.3, -0.25) is 0 Å². The van der Waals surface area contributed by atoms with E-state index in [-0.39, 0.29) is 11.1 Å². The molecule has 0 amide bonds. The van der Waals surface area contributed by atoms with Gasteiger partial charge in [0, 0.05) is 22.8 Å². The molecule has 2 aliphatic heterocycles. The summed E-state index contributed by atoms with van der Waals surface area (Å²) in [6.07, 6.45) is -6.48. The predicted molar refractivity (Wildman–Crippen MR) is 126 cm³/mol. The molecule has 3 heterocycles. The number of hydrogen-bond acceptors (Lipinski definition) is 8. The molecule has 0 saturated carbocycles. The van der Waals surface area contributed by atoms with Gasteiger partial charge in [0.05, 0.1) is 28.8 Å². The van der Waals surface area contributed by atoms with E-state index in [0.717, 1.165) is 16.7 Å². The largest absolute Gasteiger partial charge is 0.394 e. The smallest absolute Gasteiger partial charge is 0.347 e. The Labute approximate surface area is 203 Å². The molecule has 3 aliphatic rings. The number of aliphatic hydroxyl groups is 4. The van der Waals surface area contributed by atoms with Crippen LogP contribution in [0.4, 0.5) is 0 Å². The van der Waals surface area contributed by atoms with Crippen molar-refractivity contribution < 1.29 is 39.5 Å². The first-order valence-electron chi connectivity index (χ1n) is 11.7. The third kappa shape index (κ3) is 2.61. The molecule has 1 fully saturated rings. The summed E-state index contributed by atoms with van der Waals surface area (Å²) in [5.74, 6) is -1.45. The summed E-state index contributed by atoms with van der Waals surface area (Å²) >= 11 is 0. The normalized spacial score (nSPS) is 26.8. The van der Waals surface area contributed by atoms with Crippen LogP contribution in [-0.2, 0) is 15.9 Å². The molecule has 4 N–H and O–H groups in total. The number of carbonyl (C=O) groups is 2. The van der Waals surface area contributed by atoms with Crippen LogP contribution >= 0.6 is 0 Å². The average molecular weight is 487 g/mol. The first-order chi connectivity index (χ1) is 17.4. The predicted octanol–water partition coefficient (Wildman–Crippen LogP) is 1.65. The van der Waals surface area contributed by atoms with Crippen molar-refractivity contribution >= 4 is 33.7 Å². The summed E-state index contributed by atoms with van der Waals surface area (Å²) in [7, 11) is 0. The Balaban J connectivity index is 1.64. The van der Waals surface area contributed by atoms with Crippen LogP contribution in [0.25, 0.3) is 32.9 Å². The lowest BCUT2D eigenvalue weighted by atomic mass is 9.91. The van der Waals surface area contributed by atoms with Crippen LogP contribution in [0.15, 0.2) is 48.5 Å². The van der Waals surface area contributed by atoms with Crippen molar-refractivity contribution in [3.05, 3.63) is 70.8 Å². The Morgan fingerprint density at radius 2 is 1.58 bits per heavy atom. The minimum Gasteiger partial charge on any atom is -0.394 e. The van der Waals surface area contributed by atoms with Gasteiger partial charge in [0.2, 0.25) is 0 Å². The van der Waals surface area contributed by atoms with E-state index >= 15 is 0 Å². The number of para-hydroxylation sites is 1. The Hall–Kier alpha value is -3.60. The van der Waals surface area contributed by atoms with E-state index in [2.05, 4.69) is 0 Å². The highest BCUT2D eigenvalue weighted by molar-refractivity contribution is 6.30. The fraction of sp³-hybridized carbons (Fsp3) is 0.259. The van der Waals surface area contributed by atoms with Crippen LogP contribution in [0, 0.1) is 0 Å². The van der Waals surface area contributed by atoms with Crippen LogP contribution in [0.5, 0.6) is 0 Å². The highest BCUT2D eigenvalue weighted by Crippen LogP contribution is 2.50. The van der Waals surface area contributed by atoms with Gasteiger partial charge in [-0.15, -0.1) is 0 Å². The van der Waals surface area contributed by atoms with Crippen LogP contribution in [0.2, 0.25) is 0 Å². The van der Waals surface area contributed by atoms with E-state index in [1.807, 2.05) is 30.3 Å². The van der Waals surface area contributed by atoms with Gasteiger partial charge in [-0.2, -0.15) is 0 Å². The lowest BCUT2D eigenvalue weighted by Gasteiger charge is -2.41. The third-order valence-electron chi connectivity index (χ3n) is 7.62. The molecule has 5 atom stereocenters. The number of carbonyl (C=O) groups excluding carboxylic acids is 2. The first kappa shape index (κ1) is 21.7. The number of aromatic nitrogens is 1. The lowest BCUT2D eigenvalue weighted by molar-refractivity contribution is -0.249. The molecular weight excluding hydrogens is 466 g/mol. The molecule has 182 valence electrons. The molecule has 9 nitrogen and oxygen atoms in total. The summed E-state index contributed by atoms with van der Waals surface area (Å²) in [5.41, 5.74) is 4.71. The Bertz CT molecular complexity index is 1620. The number of benzene rings is 3. The quantitative estimate of drug-likeness (QED) is 0.218. The molecule has 1 aliphatic carbocycles. The fourth-order valence-electron chi connectivity index (χ4n) is 6.06. The van der Waals surface area contributed by atoms with Gasteiger partial charge >= 0.3 is 11.9 Å². The Morgan fingerprint density at radius 1 is 0.861 bits per heavy atom. The first-order valence-corrected chi connectivity index (χ1v) is 11.7.